The maximum atomic E-state index is 11.8. The molecule has 0 saturated heterocycles. The Morgan fingerprint density at radius 1 is 1.19 bits per heavy atom. The summed E-state index contributed by atoms with van der Waals surface area (Å²) in [6.45, 7) is 6.53. The number of carbonyl (C=O) groups excluding carboxylic acids is 1. The van der Waals surface area contributed by atoms with Crippen molar-refractivity contribution in [3.63, 3.8) is 0 Å². The first-order chi connectivity index (χ1) is 12.3. The van der Waals surface area contributed by atoms with E-state index in [1.165, 1.54) is 0 Å². The second-order valence-electron chi connectivity index (χ2n) is 7.20. The SMILES string of the molecule is COCO[C@@H](CCOCc1ccccc1)C[C@H](O)CC(=O)OC(C)(C)C. The molecule has 0 unspecified atom stereocenters. The molecule has 0 aliphatic heterocycles. The molecule has 1 aromatic rings. The number of aliphatic hydroxyl groups excluding tert-OH is 1. The van der Waals surface area contributed by atoms with E-state index in [0.29, 0.717) is 26.1 Å². The van der Waals surface area contributed by atoms with Gasteiger partial charge in [-0.05, 0) is 32.8 Å². The molecule has 0 fully saturated rings. The Hall–Kier alpha value is -1.47. The van der Waals surface area contributed by atoms with Crippen LogP contribution in [0.1, 0.15) is 45.6 Å². The van der Waals surface area contributed by atoms with Crippen molar-refractivity contribution in [2.75, 3.05) is 20.5 Å². The third kappa shape index (κ3) is 11.2. The molecular formula is C20H32O6. The molecule has 6 heteroatoms. The molecule has 0 heterocycles. The average Bonchev–Trinajstić information content (AvgIpc) is 2.55. The van der Waals surface area contributed by atoms with Gasteiger partial charge in [-0.1, -0.05) is 30.3 Å². The Balaban J connectivity index is 2.36. The summed E-state index contributed by atoms with van der Waals surface area (Å²) in [6.07, 6.45) is -0.239. The molecule has 1 N–H and O–H groups in total. The van der Waals surface area contributed by atoms with Crippen LogP contribution >= 0.6 is 0 Å². The normalized spacial score (nSPS) is 14.0. The van der Waals surface area contributed by atoms with Gasteiger partial charge in [0.1, 0.15) is 12.4 Å². The molecule has 1 aromatic carbocycles. The molecule has 2 atom stereocenters. The Labute approximate surface area is 156 Å². The number of hydrogen-bond acceptors (Lipinski definition) is 6. The van der Waals surface area contributed by atoms with E-state index in [1.807, 2.05) is 30.3 Å². The maximum Gasteiger partial charge on any atom is 0.308 e. The quantitative estimate of drug-likeness (QED) is 0.347. The minimum Gasteiger partial charge on any atom is -0.460 e. The van der Waals surface area contributed by atoms with Gasteiger partial charge in [0.05, 0.1) is 25.2 Å². The summed E-state index contributed by atoms with van der Waals surface area (Å²) in [5.74, 6) is -0.421. The van der Waals surface area contributed by atoms with Crippen molar-refractivity contribution < 1.29 is 28.8 Å². The molecule has 0 bridgehead atoms. The number of rotatable bonds is 12. The second kappa shape index (κ2) is 12.0. The van der Waals surface area contributed by atoms with Gasteiger partial charge < -0.3 is 24.1 Å². The van der Waals surface area contributed by atoms with Crippen LogP contribution in [0.4, 0.5) is 0 Å². The minimum atomic E-state index is -0.833. The van der Waals surface area contributed by atoms with Gasteiger partial charge in [0.25, 0.3) is 0 Å². The minimum absolute atomic E-state index is 0.0605. The summed E-state index contributed by atoms with van der Waals surface area (Å²) < 4.78 is 21.4. The molecule has 0 spiro atoms. The van der Waals surface area contributed by atoms with Crippen LogP contribution in [0.2, 0.25) is 0 Å². The van der Waals surface area contributed by atoms with Gasteiger partial charge in [-0.3, -0.25) is 4.79 Å². The van der Waals surface area contributed by atoms with Gasteiger partial charge in [-0.2, -0.15) is 0 Å². The smallest absolute Gasteiger partial charge is 0.308 e. The Kier molecular flexibility index (Phi) is 10.4. The predicted octanol–water partition coefficient (Wildman–Crippen LogP) is 3.07. The fourth-order valence-corrected chi connectivity index (χ4v) is 2.37. The molecular weight excluding hydrogens is 336 g/mol. The second-order valence-corrected chi connectivity index (χ2v) is 7.20. The van der Waals surface area contributed by atoms with Crippen LogP contribution in [0.3, 0.4) is 0 Å². The lowest BCUT2D eigenvalue weighted by Crippen LogP contribution is -2.29. The highest BCUT2D eigenvalue weighted by Crippen LogP contribution is 2.14. The summed E-state index contributed by atoms with van der Waals surface area (Å²) in [4.78, 5) is 11.8. The molecule has 148 valence electrons. The Morgan fingerprint density at radius 3 is 2.50 bits per heavy atom. The fourth-order valence-electron chi connectivity index (χ4n) is 2.37. The number of esters is 1. The molecule has 0 saturated carbocycles. The van der Waals surface area contributed by atoms with Gasteiger partial charge >= 0.3 is 5.97 Å². The summed E-state index contributed by atoms with van der Waals surface area (Å²) in [6, 6.07) is 9.91. The highest BCUT2D eigenvalue weighted by atomic mass is 16.7. The number of hydrogen-bond donors (Lipinski definition) is 1. The maximum absolute atomic E-state index is 11.8. The molecule has 0 aliphatic rings. The lowest BCUT2D eigenvalue weighted by Gasteiger charge is -2.23. The van der Waals surface area contributed by atoms with Crippen LogP contribution in [0.15, 0.2) is 30.3 Å². The molecule has 0 aromatic heterocycles. The first-order valence-electron chi connectivity index (χ1n) is 8.92. The van der Waals surface area contributed by atoms with Crippen LogP contribution in [0.5, 0.6) is 0 Å². The third-order valence-electron chi connectivity index (χ3n) is 3.47. The highest BCUT2D eigenvalue weighted by Gasteiger charge is 2.22. The Morgan fingerprint density at radius 2 is 1.88 bits per heavy atom. The fraction of sp³-hybridized carbons (Fsp3) is 0.650. The largest absolute Gasteiger partial charge is 0.460 e. The molecule has 26 heavy (non-hydrogen) atoms. The van der Waals surface area contributed by atoms with Crippen molar-refractivity contribution in [2.24, 2.45) is 0 Å². The summed E-state index contributed by atoms with van der Waals surface area (Å²) >= 11 is 0. The van der Waals surface area contributed by atoms with Crippen molar-refractivity contribution in [3.05, 3.63) is 35.9 Å². The number of methoxy groups -OCH3 is 1. The number of benzene rings is 1. The molecule has 0 aliphatic carbocycles. The standard InChI is InChI=1S/C20H32O6/c1-20(2,3)26-19(22)13-17(21)12-18(25-15-23-4)10-11-24-14-16-8-6-5-7-9-16/h5-9,17-18,21H,10-15H2,1-4H3/t17-,18-/m0/s1. The van der Waals surface area contributed by atoms with Crippen molar-refractivity contribution in [3.8, 4) is 0 Å². The van der Waals surface area contributed by atoms with Crippen LogP contribution in [0, 0.1) is 0 Å². The highest BCUT2D eigenvalue weighted by molar-refractivity contribution is 5.70. The lowest BCUT2D eigenvalue weighted by atomic mass is 10.1. The molecule has 1 rings (SSSR count). The van der Waals surface area contributed by atoms with Crippen LogP contribution < -0.4 is 0 Å². The monoisotopic (exact) mass is 368 g/mol. The van der Waals surface area contributed by atoms with Crippen molar-refractivity contribution >= 4 is 5.97 Å². The first-order valence-corrected chi connectivity index (χ1v) is 8.92. The van der Waals surface area contributed by atoms with Crippen molar-refractivity contribution in [1.29, 1.82) is 0 Å². The zero-order valence-corrected chi connectivity index (χ0v) is 16.3. The van der Waals surface area contributed by atoms with Crippen LogP contribution in [0.25, 0.3) is 0 Å². The average molecular weight is 368 g/mol. The zero-order valence-electron chi connectivity index (χ0n) is 16.3. The van der Waals surface area contributed by atoms with Gasteiger partial charge in [-0.15, -0.1) is 0 Å². The van der Waals surface area contributed by atoms with Crippen molar-refractivity contribution in [2.45, 2.75) is 64.4 Å². The van der Waals surface area contributed by atoms with Gasteiger partial charge in [0.2, 0.25) is 0 Å². The number of aliphatic hydroxyl groups is 1. The predicted molar refractivity (Wildman–Crippen MR) is 98.5 cm³/mol. The molecule has 0 radical (unpaired) electrons. The molecule has 6 nitrogen and oxygen atoms in total. The number of ether oxygens (including phenoxy) is 4. The van der Waals surface area contributed by atoms with Crippen LogP contribution in [-0.4, -0.2) is 49.4 Å². The summed E-state index contributed by atoms with van der Waals surface area (Å²) in [7, 11) is 1.54. The lowest BCUT2D eigenvalue weighted by molar-refractivity contribution is -0.158. The third-order valence-corrected chi connectivity index (χ3v) is 3.47. The van der Waals surface area contributed by atoms with E-state index < -0.39 is 17.7 Å². The van der Waals surface area contributed by atoms with Crippen molar-refractivity contribution in [1.82, 2.24) is 0 Å². The van der Waals surface area contributed by atoms with Crippen LogP contribution in [-0.2, 0) is 30.3 Å². The Bertz CT molecular complexity index is 497. The van der Waals surface area contributed by atoms with Gasteiger partial charge in [0, 0.05) is 20.1 Å². The van der Waals surface area contributed by atoms with E-state index in [4.69, 9.17) is 18.9 Å². The van der Waals surface area contributed by atoms with E-state index >= 15 is 0 Å². The van der Waals surface area contributed by atoms with E-state index in [1.54, 1.807) is 27.9 Å². The summed E-state index contributed by atoms with van der Waals surface area (Å²) in [5, 5.41) is 10.2. The van der Waals surface area contributed by atoms with Gasteiger partial charge in [-0.25, -0.2) is 0 Å². The summed E-state index contributed by atoms with van der Waals surface area (Å²) in [5.41, 5.74) is 0.542. The van der Waals surface area contributed by atoms with E-state index in [0.717, 1.165) is 5.56 Å². The van der Waals surface area contributed by atoms with E-state index in [2.05, 4.69) is 0 Å². The topological polar surface area (TPSA) is 74.2 Å². The first kappa shape index (κ1) is 22.6. The molecule has 0 amide bonds. The van der Waals surface area contributed by atoms with E-state index in [-0.39, 0.29) is 19.3 Å². The zero-order chi connectivity index (χ0) is 19.4. The number of carbonyl (C=O) groups is 1. The van der Waals surface area contributed by atoms with E-state index in [9.17, 15) is 9.90 Å². The van der Waals surface area contributed by atoms with Gasteiger partial charge in [0.15, 0.2) is 0 Å².